The molecule has 0 unspecified atom stereocenters. The normalized spacial score (nSPS) is 15.4. The first-order chi connectivity index (χ1) is 13.3. The van der Waals surface area contributed by atoms with Crippen LogP contribution in [0.3, 0.4) is 0 Å². The van der Waals surface area contributed by atoms with E-state index in [-0.39, 0.29) is 16.2 Å². The number of hydrogen-bond donors (Lipinski definition) is 1. The van der Waals surface area contributed by atoms with Crippen molar-refractivity contribution in [1.82, 2.24) is 0 Å². The SMILES string of the molecule is O=S(=O)(Cc1cccc(C2(O)CC2)c1)c1ccc(-c2ccc(F)cc2F)cc1. The highest BCUT2D eigenvalue weighted by molar-refractivity contribution is 7.90. The largest absolute Gasteiger partial charge is 0.385 e. The Kier molecular flexibility index (Phi) is 4.56. The summed E-state index contributed by atoms with van der Waals surface area (Å²) in [5.74, 6) is -1.56. The van der Waals surface area contributed by atoms with Gasteiger partial charge in [-0.05, 0) is 53.8 Å². The van der Waals surface area contributed by atoms with Gasteiger partial charge in [-0.1, -0.05) is 36.4 Å². The minimum Gasteiger partial charge on any atom is -0.385 e. The van der Waals surface area contributed by atoms with E-state index < -0.39 is 27.1 Å². The third-order valence-electron chi connectivity index (χ3n) is 5.00. The number of halogens is 2. The highest BCUT2D eigenvalue weighted by atomic mass is 32.2. The molecule has 28 heavy (non-hydrogen) atoms. The molecular formula is C22H18F2O3S. The first kappa shape index (κ1) is 18.8. The maximum Gasteiger partial charge on any atom is 0.182 e. The first-order valence-electron chi connectivity index (χ1n) is 8.87. The second-order valence-corrected chi connectivity index (χ2v) is 9.13. The van der Waals surface area contributed by atoms with Crippen LogP contribution in [0.2, 0.25) is 0 Å². The third kappa shape index (κ3) is 3.70. The van der Waals surface area contributed by atoms with Crippen LogP contribution in [0.1, 0.15) is 24.0 Å². The molecule has 1 N–H and O–H groups in total. The monoisotopic (exact) mass is 400 g/mol. The molecule has 0 atom stereocenters. The second-order valence-electron chi connectivity index (χ2n) is 7.14. The van der Waals surface area contributed by atoms with E-state index in [4.69, 9.17) is 0 Å². The predicted molar refractivity (Wildman–Crippen MR) is 102 cm³/mol. The highest BCUT2D eigenvalue weighted by Crippen LogP contribution is 2.45. The van der Waals surface area contributed by atoms with Gasteiger partial charge in [0.15, 0.2) is 9.84 Å². The lowest BCUT2D eigenvalue weighted by Gasteiger charge is -2.11. The maximum atomic E-state index is 13.9. The molecule has 0 aliphatic heterocycles. The molecule has 0 aromatic heterocycles. The Bertz CT molecular complexity index is 1130. The average molecular weight is 400 g/mol. The van der Waals surface area contributed by atoms with Gasteiger partial charge in [-0.25, -0.2) is 17.2 Å². The van der Waals surface area contributed by atoms with Crippen LogP contribution in [0, 0.1) is 11.6 Å². The molecule has 3 aromatic carbocycles. The summed E-state index contributed by atoms with van der Waals surface area (Å²) in [5, 5.41) is 10.2. The minimum atomic E-state index is -3.61. The molecule has 0 heterocycles. The van der Waals surface area contributed by atoms with Gasteiger partial charge in [-0.15, -0.1) is 0 Å². The molecule has 4 rings (SSSR count). The molecule has 0 radical (unpaired) electrons. The van der Waals surface area contributed by atoms with Gasteiger partial charge >= 0.3 is 0 Å². The van der Waals surface area contributed by atoms with Crippen LogP contribution in [0.5, 0.6) is 0 Å². The van der Waals surface area contributed by atoms with Gasteiger partial charge in [0.25, 0.3) is 0 Å². The maximum absolute atomic E-state index is 13.9. The Labute approximate surface area is 162 Å². The van der Waals surface area contributed by atoms with E-state index >= 15 is 0 Å². The van der Waals surface area contributed by atoms with Gasteiger partial charge in [-0.3, -0.25) is 0 Å². The van der Waals surface area contributed by atoms with Crippen molar-refractivity contribution >= 4 is 9.84 Å². The van der Waals surface area contributed by atoms with Crippen molar-refractivity contribution in [3.8, 4) is 11.1 Å². The number of sulfone groups is 1. The fourth-order valence-electron chi connectivity index (χ4n) is 3.23. The van der Waals surface area contributed by atoms with Gasteiger partial charge in [0.2, 0.25) is 0 Å². The van der Waals surface area contributed by atoms with Crippen molar-refractivity contribution in [3.63, 3.8) is 0 Å². The van der Waals surface area contributed by atoms with Crippen LogP contribution in [0.4, 0.5) is 8.78 Å². The molecule has 0 saturated heterocycles. The van der Waals surface area contributed by atoms with Crippen LogP contribution >= 0.6 is 0 Å². The van der Waals surface area contributed by atoms with Crippen molar-refractivity contribution in [2.45, 2.75) is 29.1 Å². The number of aliphatic hydroxyl groups is 1. The Morgan fingerprint density at radius 1 is 0.929 bits per heavy atom. The molecule has 144 valence electrons. The molecule has 6 heteroatoms. The van der Waals surface area contributed by atoms with Gasteiger partial charge in [0, 0.05) is 11.6 Å². The van der Waals surface area contributed by atoms with E-state index in [0.717, 1.165) is 17.7 Å². The lowest BCUT2D eigenvalue weighted by molar-refractivity contribution is 0.151. The molecule has 0 amide bonds. The summed E-state index contributed by atoms with van der Waals surface area (Å²) in [6.07, 6.45) is 1.37. The molecule has 1 aliphatic rings. The molecule has 0 bridgehead atoms. The quantitative estimate of drug-likeness (QED) is 0.682. The lowest BCUT2D eigenvalue weighted by atomic mass is 10.1. The molecule has 3 nitrogen and oxygen atoms in total. The van der Waals surface area contributed by atoms with Crippen LogP contribution in [0.25, 0.3) is 11.1 Å². The number of hydrogen-bond acceptors (Lipinski definition) is 3. The fraction of sp³-hybridized carbons (Fsp3) is 0.182. The molecule has 1 fully saturated rings. The van der Waals surface area contributed by atoms with Crippen molar-refractivity contribution < 1.29 is 22.3 Å². The zero-order chi connectivity index (χ0) is 19.9. The second kappa shape index (κ2) is 6.79. The Balaban J connectivity index is 1.58. The van der Waals surface area contributed by atoms with Crippen molar-refractivity contribution in [1.29, 1.82) is 0 Å². The highest BCUT2D eigenvalue weighted by Gasteiger charge is 2.42. The van der Waals surface area contributed by atoms with Gasteiger partial charge in [0.05, 0.1) is 16.2 Å². The van der Waals surface area contributed by atoms with E-state index in [1.54, 1.807) is 24.3 Å². The van der Waals surface area contributed by atoms with E-state index in [0.29, 0.717) is 24.0 Å². The summed E-state index contributed by atoms with van der Waals surface area (Å²) in [5.41, 5.74) is 1.19. The lowest BCUT2D eigenvalue weighted by Crippen LogP contribution is -2.08. The van der Waals surface area contributed by atoms with Crippen LogP contribution in [-0.2, 0) is 21.2 Å². The fourth-order valence-corrected chi connectivity index (χ4v) is 4.56. The predicted octanol–water partition coefficient (Wildman–Crippen LogP) is 4.59. The number of benzene rings is 3. The topological polar surface area (TPSA) is 54.4 Å². The van der Waals surface area contributed by atoms with Crippen molar-refractivity contribution in [3.05, 3.63) is 89.5 Å². The van der Waals surface area contributed by atoms with Crippen LogP contribution < -0.4 is 0 Å². The molecule has 1 saturated carbocycles. The Hall–Kier alpha value is -2.57. The zero-order valence-corrected chi connectivity index (χ0v) is 15.7. The molecule has 3 aromatic rings. The molecule has 1 aliphatic carbocycles. The summed E-state index contributed by atoms with van der Waals surface area (Å²) in [6.45, 7) is 0. The van der Waals surface area contributed by atoms with Crippen LogP contribution in [-0.4, -0.2) is 13.5 Å². The summed E-state index contributed by atoms with van der Waals surface area (Å²) in [4.78, 5) is 0.120. The first-order valence-corrected chi connectivity index (χ1v) is 10.5. The summed E-state index contributed by atoms with van der Waals surface area (Å²) in [7, 11) is -3.61. The van der Waals surface area contributed by atoms with Crippen molar-refractivity contribution in [2.75, 3.05) is 0 Å². The van der Waals surface area contributed by atoms with Gasteiger partial charge < -0.3 is 5.11 Å². The number of rotatable bonds is 5. The smallest absolute Gasteiger partial charge is 0.182 e. The Morgan fingerprint density at radius 3 is 2.29 bits per heavy atom. The molecular weight excluding hydrogens is 382 g/mol. The van der Waals surface area contributed by atoms with Gasteiger partial charge in [0.1, 0.15) is 11.6 Å². The van der Waals surface area contributed by atoms with Crippen LogP contribution in [0.15, 0.2) is 71.6 Å². The summed E-state index contributed by atoms with van der Waals surface area (Å²) >= 11 is 0. The van der Waals surface area contributed by atoms with E-state index in [9.17, 15) is 22.3 Å². The molecule has 0 spiro atoms. The van der Waals surface area contributed by atoms with Crippen molar-refractivity contribution in [2.24, 2.45) is 0 Å². The minimum absolute atomic E-state index is 0.120. The third-order valence-corrected chi connectivity index (χ3v) is 6.70. The standard InChI is InChI=1S/C22H18F2O3S/c23-18-6-9-20(21(24)13-18)16-4-7-19(8-5-16)28(26,27)14-15-2-1-3-17(12-15)22(25)10-11-22/h1-9,12-13,25H,10-11,14H2. The van der Waals surface area contributed by atoms with E-state index in [2.05, 4.69) is 0 Å². The van der Waals surface area contributed by atoms with E-state index in [1.165, 1.54) is 30.3 Å². The Morgan fingerprint density at radius 2 is 1.64 bits per heavy atom. The average Bonchev–Trinajstić information content (AvgIpc) is 3.41. The summed E-state index contributed by atoms with van der Waals surface area (Å²) in [6, 6.07) is 16.1. The van der Waals surface area contributed by atoms with E-state index in [1.807, 2.05) is 0 Å². The summed E-state index contributed by atoms with van der Waals surface area (Å²) < 4.78 is 52.5. The van der Waals surface area contributed by atoms with Gasteiger partial charge in [-0.2, -0.15) is 0 Å². The zero-order valence-electron chi connectivity index (χ0n) is 14.9.